The zero-order valence-electron chi connectivity index (χ0n) is 9.85. The maximum atomic E-state index is 5.45. The molecule has 1 aromatic heterocycles. The van der Waals surface area contributed by atoms with Gasteiger partial charge in [0.25, 0.3) is 0 Å². The molecule has 0 aliphatic carbocycles. The van der Waals surface area contributed by atoms with Gasteiger partial charge in [0.15, 0.2) is 0 Å². The van der Waals surface area contributed by atoms with Crippen molar-refractivity contribution in [1.29, 1.82) is 0 Å². The van der Waals surface area contributed by atoms with Crippen LogP contribution >= 0.6 is 0 Å². The van der Waals surface area contributed by atoms with Gasteiger partial charge in [0.2, 0.25) is 0 Å². The first-order valence-electron chi connectivity index (χ1n) is 5.70. The van der Waals surface area contributed by atoms with Crippen molar-refractivity contribution < 1.29 is 9.15 Å². The zero-order valence-corrected chi connectivity index (χ0v) is 9.85. The quantitative estimate of drug-likeness (QED) is 0.830. The van der Waals surface area contributed by atoms with Crippen molar-refractivity contribution >= 4 is 0 Å². The van der Waals surface area contributed by atoms with Crippen LogP contribution in [0.15, 0.2) is 41.0 Å². The van der Waals surface area contributed by atoms with Gasteiger partial charge in [-0.25, -0.2) is 0 Å². The highest BCUT2D eigenvalue weighted by molar-refractivity contribution is 5.14. The topological polar surface area (TPSA) is 47.3 Å². The van der Waals surface area contributed by atoms with E-state index in [2.05, 4.69) is 10.3 Å². The van der Waals surface area contributed by atoms with Crippen molar-refractivity contribution in [2.75, 3.05) is 6.54 Å². The van der Waals surface area contributed by atoms with E-state index in [-0.39, 0.29) is 0 Å². The molecule has 0 spiro atoms. The molecule has 1 aromatic carbocycles. The van der Waals surface area contributed by atoms with Crippen LogP contribution in [0.5, 0.6) is 6.08 Å². The normalized spacial score (nSPS) is 10.4. The Labute approximate surface area is 101 Å². The smallest absolute Gasteiger partial charge is 0.394 e. The van der Waals surface area contributed by atoms with E-state index in [1.807, 2.05) is 37.3 Å². The number of rotatable bonds is 6. The Morgan fingerprint density at radius 2 is 2.12 bits per heavy atom. The van der Waals surface area contributed by atoms with Crippen LogP contribution in [0.3, 0.4) is 0 Å². The van der Waals surface area contributed by atoms with E-state index >= 15 is 0 Å². The fourth-order valence-electron chi connectivity index (χ4n) is 1.41. The molecule has 0 saturated carbocycles. The van der Waals surface area contributed by atoms with Gasteiger partial charge in [-0.1, -0.05) is 37.3 Å². The lowest BCUT2D eigenvalue weighted by atomic mass is 10.2. The summed E-state index contributed by atoms with van der Waals surface area (Å²) in [6, 6.07) is 9.93. The van der Waals surface area contributed by atoms with Gasteiger partial charge in [-0.3, -0.25) is 0 Å². The summed E-state index contributed by atoms with van der Waals surface area (Å²) in [4.78, 5) is 4.21. The van der Waals surface area contributed by atoms with Crippen LogP contribution in [-0.4, -0.2) is 11.5 Å². The molecule has 0 aliphatic heterocycles. The Kier molecular flexibility index (Phi) is 4.16. The Bertz CT molecular complexity index is 440. The molecular formula is C13H16N2O2. The van der Waals surface area contributed by atoms with E-state index in [4.69, 9.17) is 9.15 Å². The molecule has 0 saturated heterocycles. The summed E-state index contributed by atoms with van der Waals surface area (Å²) in [5, 5.41) is 3.17. The molecule has 4 heteroatoms. The predicted molar refractivity (Wildman–Crippen MR) is 64.7 cm³/mol. The molecule has 2 aromatic rings. The molecule has 0 fully saturated rings. The summed E-state index contributed by atoms with van der Waals surface area (Å²) < 4.78 is 10.7. The summed E-state index contributed by atoms with van der Waals surface area (Å²) >= 11 is 0. The maximum Gasteiger partial charge on any atom is 0.394 e. The number of ether oxygens (including phenoxy) is 1. The van der Waals surface area contributed by atoms with Crippen molar-refractivity contribution in [3.8, 4) is 6.08 Å². The lowest BCUT2D eigenvalue weighted by Crippen LogP contribution is -2.11. The lowest BCUT2D eigenvalue weighted by molar-refractivity contribution is 0.220. The van der Waals surface area contributed by atoms with E-state index in [0.717, 1.165) is 17.8 Å². The van der Waals surface area contributed by atoms with Gasteiger partial charge >= 0.3 is 6.08 Å². The van der Waals surface area contributed by atoms with E-state index in [9.17, 15) is 0 Å². The number of hydrogen-bond acceptors (Lipinski definition) is 4. The lowest BCUT2D eigenvalue weighted by Gasteiger charge is -2.00. The molecule has 2 rings (SSSR count). The number of aromatic nitrogens is 1. The summed E-state index contributed by atoms with van der Waals surface area (Å²) in [6.45, 7) is 4.14. The van der Waals surface area contributed by atoms with Crippen LogP contribution in [0.2, 0.25) is 0 Å². The van der Waals surface area contributed by atoms with E-state index in [1.165, 1.54) is 0 Å². The third kappa shape index (κ3) is 3.60. The molecule has 0 aliphatic rings. The van der Waals surface area contributed by atoms with E-state index in [1.54, 1.807) is 6.26 Å². The first kappa shape index (κ1) is 11.7. The highest BCUT2D eigenvalue weighted by Crippen LogP contribution is 2.12. The predicted octanol–water partition coefficient (Wildman–Crippen LogP) is 2.36. The number of nitrogens with one attached hydrogen (secondary N) is 1. The molecule has 1 N–H and O–H groups in total. The van der Waals surface area contributed by atoms with Gasteiger partial charge in [-0.15, -0.1) is 0 Å². The summed E-state index contributed by atoms with van der Waals surface area (Å²) in [5.41, 5.74) is 1.95. The first-order valence-corrected chi connectivity index (χ1v) is 5.70. The average molecular weight is 232 g/mol. The average Bonchev–Trinajstić information content (AvgIpc) is 2.83. The monoisotopic (exact) mass is 232 g/mol. The summed E-state index contributed by atoms with van der Waals surface area (Å²) in [7, 11) is 0. The first-order chi connectivity index (χ1) is 8.38. The Hall–Kier alpha value is -1.81. The largest absolute Gasteiger partial charge is 0.445 e. The second kappa shape index (κ2) is 6.06. The Balaban J connectivity index is 1.85. The van der Waals surface area contributed by atoms with E-state index < -0.39 is 0 Å². The third-order valence-corrected chi connectivity index (χ3v) is 2.29. The SMILES string of the molecule is CCNCc1coc(OCc2ccccc2)n1. The number of nitrogens with zero attached hydrogens (tertiary/aromatic N) is 1. The standard InChI is InChI=1S/C13H16N2O2/c1-2-14-8-12-10-17-13(15-12)16-9-11-6-4-3-5-7-11/h3-7,10,14H,2,8-9H2,1H3. The molecule has 4 nitrogen and oxygen atoms in total. The van der Waals surface area contributed by atoms with Gasteiger partial charge in [0.1, 0.15) is 12.9 Å². The van der Waals surface area contributed by atoms with Crippen LogP contribution < -0.4 is 10.1 Å². The molecule has 0 bridgehead atoms. The van der Waals surface area contributed by atoms with Crippen LogP contribution in [0, 0.1) is 0 Å². The fourth-order valence-corrected chi connectivity index (χ4v) is 1.41. The second-order valence-corrected chi connectivity index (χ2v) is 3.66. The fraction of sp³-hybridized carbons (Fsp3) is 0.308. The van der Waals surface area contributed by atoms with Gasteiger partial charge in [-0.2, -0.15) is 4.98 Å². The minimum atomic E-state index is 0.321. The summed E-state index contributed by atoms with van der Waals surface area (Å²) in [5.74, 6) is 0. The molecule has 90 valence electrons. The van der Waals surface area contributed by atoms with Crippen molar-refractivity contribution in [1.82, 2.24) is 10.3 Å². The molecule has 17 heavy (non-hydrogen) atoms. The van der Waals surface area contributed by atoms with Crippen LogP contribution in [0.4, 0.5) is 0 Å². The molecule has 0 atom stereocenters. The van der Waals surface area contributed by atoms with Crippen molar-refractivity contribution in [3.63, 3.8) is 0 Å². The Morgan fingerprint density at radius 1 is 1.29 bits per heavy atom. The zero-order chi connectivity index (χ0) is 11.9. The van der Waals surface area contributed by atoms with Crippen molar-refractivity contribution in [2.24, 2.45) is 0 Å². The highest BCUT2D eigenvalue weighted by Gasteiger charge is 2.04. The minimum Gasteiger partial charge on any atom is -0.445 e. The number of hydrogen-bond donors (Lipinski definition) is 1. The molecule has 0 radical (unpaired) electrons. The molecule has 0 amide bonds. The number of benzene rings is 1. The van der Waals surface area contributed by atoms with Gasteiger partial charge in [0, 0.05) is 6.54 Å². The van der Waals surface area contributed by atoms with Gasteiger partial charge in [0.05, 0.1) is 5.69 Å². The molecule has 1 heterocycles. The van der Waals surface area contributed by atoms with Gasteiger partial charge in [-0.05, 0) is 12.1 Å². The highest BCUT2D eigenvalue weighted by atomic mass is 16.6. The molecule has 0 unspecified atom stereocenters. The van der Waals surface area contributed by atoms with Crippen LogP contribution in [-0.2, 0) is 13.2 Å². The number of oxazole rings is 1. The summed E-state index contributed by atoms with van der Waals surface area (Å²) in [6.07, 6.45) is 1.94. The minimum absolute atomic E-state index is 0.321. The second-order valence-electron chi connectivity index (χ2n) is 3.66. The van der Waals surface area contributed by atoms with Crippen molar-refractivity contribution in [2.45, 2.75) is 20.1 Å². The van der Waals surface area contributed by atoms with Crippen LogP contribution in [0.1, 0.15) is 18.2 Å². The van der Waals surface area contributed by atoms with Gasteiger partial charge < -0.3 is 14.5 Å². The third-order valence-electron chi connectivity index (χ3n) is 2.29. The van der Waals surface area contributed by atoms with Crippen molar-refractivity contribution in [3.05, 3.63) is 47.9 Å². The maximum absolute atomic E-state index is 5.45. The molecular weight excluding hydrogens is 216 g/mol. The Morgan fingerprint density at radius 3 is 2.88 bits per heavy atom. The van der Waals surface area contributed by atoms with Crippen LogP contribution in [0.25, 0.3) is 0 Å². The van der Waals surface area contributed by atoms with E-state index in [0.29, 0.717) is 19.2 Å².